The number of rotatable bonds is 7. The average Bonchev–Trinajstić information content (AvgIpc) is 3.16. The fourth-order valence-electron chi connectivity index (χ4n) is 3.91. The van der Waals surface area contributed by atoms with Crippen LogP contribution >= 0.6 is 0 Å². The van der Waals surface area contributed by atoms with E-state index in [9.17, 15) is 9.59 Å². The molecule has 1 amide bonds. The number of ketones is 1. The number of amides is 1. The number of ether oxygens (including phenoxy) is 1. The molecule has 4 rings (SSSR count). The normalized spacial score (nSPS) is 14.9. The zero-order valence-corrected chi connectivity index (χ0v) is 17.4. The summed E-state index contributed by atoms with van der Waals surface area (Å²) in [6, 6.07) is 17.8. The highest BCUT2D eigenvalue weighted by atomic mass is 16.5. The van der Waals surface area contributed by atoms with Crippen LogP contribution in [-0.2, 0) is 16.2 Å². The standard InChI is InChI=1S/C25H26N2O3/c1-17-14-20(22-6-3-4-7-23(22)26-17)16-30-21-11-9-19(10-12-21)18(2)24(28)15-27-13-5-8-25(27)29/h3-4,6-7,9-12,14,18H,5,8,13,15-16H2,1-2H3. The summed E-state index contributed by atoms with van der Waals surface area (Å²) in [5.74, 6) is 0.654. The Balaban J connectivity index is 1.40. The molecule has 0 radical (unpaired) electrons. The molecule has 1 unspecified atom stereocenters. The molecule has 0 aliphatic carbocycles. The largest absolute Gasteiger partial charge is 0.489 e. The highest BCUT2D eigenvalue weighted by Crippen LogP contribution is 2.24. The van der Waals surface area contributed by atoms with E-state index in [1.807, 2.05) is 56.3 Å². The summed E-state index contributed by atoms with van der Waals surface area (Å²) in [5.41, 5.74) is 3.96. The lowest BCUT2D eigenvalue weighted by atomic mass is 9.96. The van der Waals surface area contributed by atoms with Gasteiger partial charge in [-0.3, -0.25) is 14.6 Å². The summed E-state index contributed by atoms with van der Waals surface area (Å²) in [7, 11) is 0. The molecule has 5 nitrogen and oxygen atoms in total. The zero-order valence-electron chi connectivity index (χ0n) is 17.4. The number of benzene rings is 2. The number of carbonyl (C=O) groups is 2. The van der Waals surface area contributed by atoms with Gasteiger partial charge in [-0.15, -0.1) is 0 Å². The Morgan fingerprint density at radius 2 is 1.93 bits per heavy atom. The molecular formula is C25H26N2O3. The van der Waals surface area contributed by atoms with Crippen molar-refractivity contribution in [3.8, 4) is 5.75 Å². The van der Waals surface area contributed by atoms with Crippen molar-refractivity contribution in [1.82, 2.24) is 9.88 Å². The van der Waals surface area contributed by atoms with Gasteiger partial charge in [0.2, 0.25) is 5.91 Å². The van der Waals surface area contributed by atoms with Gasteiger partial charge in [-0.25, -0.2) is 0 Å². The number of para-hydroxylation sites is 1. The minimum Gasteiger partial charge on any atom is -0.489 e. The zero-order chi connectivity index (χ0) is 21.1. The number of hydrogen-bond acceptors (Lipinski definition) is 4. The number of carbonyl (C=O) groups excluding carboxylic acids is 2. The minimum atomic E-state index is -0.251. The van der Waals surface area contributed by atoms with E-state index >= 15 is 0 Å². The first-order valence-corrected chi connectivity index (χ1v) is 10.4. The van der Waals surface area contributed by atoms with Crippen LogP contribution in [-0.4, -0.2) is 34.7 Å². The maximum absolute atomic E-state index is 12.6. The third kappa shape index (κ3) is 4.35. The van der Waals surface area contributed by atoms with Gasteiger partial charge in [0.25, 0.3) is 0 Å². The summed E-state index contributed by atoms with van der Waals surface area (Å²) in [6.07, 6.45) is 1.40. The van der Waals surface area contributed by atoms with Gasteiger partial charge in [-0.1, -0.05) is 37.3 Å². The van der Waals surface area contributed by atoms with Crippen LogP contribution in [0.1, 0.15) is 42.5 Å². The molecule has 1 fully saturated rings. The van der Waals surface area contributed by atoms with Crippen LogP contribution in [0, 0.1) is 6.92 Å². The Kier molecular flexibility index (Phi) is 5.79. The Labute approximate surface area is 176 Å². The molecule has 0 saturated carbocycles. The lowest BCUT2D eigenvalue weighted by Crippen LogP contribution is -2.32. The highest BCUT2D eigenvalue weighted by Gasteiger charge is 2.25. The Morgan fingerprint density at radius 1 is 1.17 bits per heavy atom. The Hall–Kier alpha value is -3.21. The lowest BCUT2D eigenvalue weighted by Gasteiger charge is -2.18. The van der Waals surface area contributed by atoms with E-state index in [1.54, 1.807) is 4.90 Å². The predicted molar refractivity (Wildman–Crippen MR) is 116 cm³/mol. The van der Waals surface area contributed by atoms with Crippen LogP contribution in [0.25, 0.3) is 10.9 Å². The molecule has 3 aromatic rings. The van der Waals surface area contributed by atoms with Crippen molar-refractivity contribution < 1.29 is 14.3 Å². The summed E-state index contributed by atoms with van der Waals surface area (Å²) in [4.78, 5) is 30.6. The van der Waals surface area contributed by atoms with Crippen molar-refractivity contribution >= 4 is 22.6 Å². The molecule has 1 aliphatic rings. The van der Waals surface area contributed by atoms with Crippen molar-refractivity contribution in [2.75, 3.05) is 13.1 Å². The molecule has 0 bridgehead atoms. The summed E-state index contributed by atoms with van der Waals surface area (Å²) in [5, 5.41) is 1.09. The van der Waals surface area contributed by atoms with Crippen LogP contribution in [0.3, 0.4) is 0 Å². The number of Topliss-reactive ketones (excluding diaryl/α,β-unsaturated/α-hetero) is 1. The van der Waals surface area contributed by atoms with Crippen LogP contribution in [0.5, 0.6) is 5.75 Å². The molecule has 1 aliphatic heterocycles. The van der Waals surface area contributed by atoms with Gasteiger partial charge in [-0.05, 0) is 43.2 Å². The van der Waals surface area contributed by atoms with Gasteiger partial charge in [0.15, 0.2) is 5.78 Å². The van der Waals surface area contributed by atoms with Crippen molar-refractivity contribution in [2.45, 2.75) is 39.2 Å². The van der Waals surface area contributed by atoms with Crippen LogP contribution in [0.2, 0.25) is 0 Å². The van der Waals surface area contributed by atoms with E-state index in [0.29, 0.717) is 19.6 Å². The van der Waals surface area contributed by atoms with E-state index < -0.39 is 0 Å². The van der Waals surface area contributed by atoms with E-state index in [1.165, 1.54) is 0 Å². The molecule has 30 heavy (non-hydrogen) atoms. The van der Waals surface area contributed by atoms with E-state index in [-0.39, 0.29) is 24.2 Å². The van der Waals surface area contributed by atoms with Crippen molar-refractivity contribution in [1.29, 1.82) is 0 Å². The Bertz CT molecular complexity index is 1080. The predicted octanol–water partition coefficient (Wildman–Crippen LogP) is 4.42. The molecule has 0 N–H and O–H groups in total. The summed E-state index contributed by atoms with van der Waals surface area (Å²) >= 11 is 0. The molecule has 0 spiro atoms. The van der Waals surface area contributed by atoms with Gasteiger partial charge in [0, 0.05) is 35.5 Å². The van der Waals surface area contributed by atoms with Crippen LogP contribution in [0.15, 0.2) is 54.6 Å². The van der Waals surface area contributed by atoms with Gasteiger partial charge in [0.1, 0.15) is 12.4 Å². The highest BCUT2D eigenvalue weighted by molar-refractivity contribution is 5.91. The number of aryl methyl sites for hydroxylation is 1. The van der Waals surface area contributed by atoms with Gasteiger partial charge in [0.05, 0.1) is 12.1 Å². The van der Waals surface area contributed by atoms with Gasteiger partial charge in [-0.2, -0.15) is 0 Å². The minimum absolute atomic E-state index is 0.0673. The number of aromatic nitrogens is 1. The second-order valence-electron chi connectivity index (χ2n) is 7.90. The number of pyridine rings is 1. The fraction of sp³-hybridized carbons (Fsp3) is 0.320. The quantitative estimate of drug-likeness (QED) is 0.587. The van der Waals surface area contributed by atoms with Crippen molar-refractivity contribution in [2.24, 2.45) is 0 Å². The molecule has 154 valence electrons. The first kappa shape index (κ1) is 20.1. The number of hydrogen-bond donors (Lipinski definition) is 0. The SMILES string of the molecule is Cc1cc(COc2ccc(C(C)C(=O)CN3CCCC3=O)cc2)c2ccccc2n1. The van der Waals surface area contributed by atoms with Crippen molar-refractivity contribution in [3.63, 3.8) is 0 Å². The number of nitrogens with zero attached hydrogens (tertiary/aromatic N) is 2. The lowest BCUT2D eigenvalue weighted by molar-refractivity contribution is -0.132. The number of fused-ring (bicyclic) bond motifs is 1. The molecular weight excluding hydrogens is 376 g/mol. The average molecular weight is 402 g/mol. The van der Waals surface area contributed by atoms with Crippen LogP contribution < -0.4 is 4.74 Å². The maximum atomic E-state index is 12.6. The monoisotopic (exact) mass is 402 g/mol. The fourth-order valence-corrected chi connectivity index (χ4v) is 3.91. The van der Waals surface area contributed by atoms with Gasteiger partial charge >= 0.3 is 0 Å². The molecule has 1 aromatic heterocycles. The molecule has 2 aromatic carbocycles. The summed E-state index contributed by atoms with van der Waals surface area (Å²) in [6.45, 7) is 5.22. The van der Waals surface area contributed by atoms with Crippen molar-refractivity contribution in [3.05, 3.63) is 71.4 Å². The molecule has 2 heterocycles. The molecule has 1 saturated heterocycles. The molecule has 5 heteroatoms. The van der Waals surface area contributed by atoms with E-state index in [0.717, 1.165) is 39.9 Å². The first-order valence-electron chi connectivity index (χ1n) is 10.4. The number of likely N-dealkylation sites (tertiary alicyclic amines) is 1. The third-order valence-corrected chi connectivity index (χ3v) is 5.71. The van der Waals surface area contributed by atoms with Gasteiger partial charge < -0.3 is 9.64 Å². The third-order valence-electron chi connectivity index (χ3n) is 5.71. The molecule has 1 atom stereocenters. The Morgan fingerprint density at radius 3 is 2.67 bits per heavy atom. The second-order valence-corrected chi connectivity index (χ2v) is 7.90. The summed E-state index contributed by atoms with van der Waals surface area (Å²) < 4.78 is 6.01. The van der Waals surface area contributed by atoms with E-state index in [4.69, 9.17) is 4.74 Å². The van der Waals surface area contributed by atoms with Crippen LogP contribution in [0.4, 0.5) is 0 Å². The second kappa shape index (κ2) is 8.66. The topological polar surface area (TPSA) is 59.5 Å². The van der Waals surface area contributed by atoms with E-state index in [2.05, 4.69) is 17.1 Å². The first-order chi connectivity index (χ1) is 14.5. The smallest absolute Gasteiger partial charge is 0.223 e. The maximum Gasteiger partial charge on any atom is 0.223 e.